The Balaban J connectivity index is 0. The zero-order valence-electron chi connectivity index (χ0n) is 13.7. The third-order valence-corrected chi connectivity index (χ3v) is 3.79. The number of rotatable bonds is 11. The summed E-state index contributed by atoms with van der Waals surface area (Å²) in [5, 5.41) is 9.65. The molecule has 0 unspecified atom stereocenters. The zero-order valence-corrected chi connectivity index (χ0v) is 16.7. The Bertz CT molecular complexity index is 331. The van der Waals surface area contributed by atoms with Crippen molar-refractivity contribution in [2.24, 2.45) is 0 Å². The van der Waals surface area contributed by atoms with Crippen LogP contribution in [-0.4, -0.2) is 42.8 Å². The molecule has 3 heteroatoms. The van der Waals surface area contributed by atoms with Crippen molar-refractivity contribution >= 4 is 51.2 Å². The molecule has 21 heavy (non-hydrogen) atoms. The Morgan fingerprint density at radius 3 is 1.76 bits per heavy atom. The van der Waals surface area contributed by atoms with Crippen molar-refractivity contribution in [1.82, 2.24) is 0 Å². The second kappa shape index (κ2) is 17.0. The maximum absolute atomic E-state index is 9.65. The number of para-hydroxylation sites is 1. The minimum Gasteiger partial charge on any atom is -2.00 e. The molecule has 0 bridgehead atoms. The van der Waals surface area contributed by atoms with E-state index in [9.17, 15) is 5.11 Å². The molecular formula is C18H30CaOS. The molecule has 0 radical (unpaired) electrons. The predicted octanol–water partition coefficient (Wildman–Crippen LogP) is 5.47. The summed E-state index contributed by atoms with van der Waals surface area (Å²) in [5.41, 5.74) is 1.10. The molecule has 0 aliphatic heterocycles. The summed E-state index contributed by atoms with van der Waals surface area (Å²) in [5.74, 6) is 0.457. The van der Waals surface area contributed by atoms with E-state index in [0.717, 1.165) is 12.0 Å². The SMILES string of the molecule is CCCCCCCCCCCCc1ccccc1O.[Ca+2].[S-2]. The van der Waals surface area contributed by atoms with E-state index in [0.29, 0.717) is 5.75 Å². The molecular weight excluding hydrogens is 304 g/mol. The number of aromatic hydroxyl groups is 1. The number of hydrogen-bond acceptors (Lipinski definition) is 1. The van der Waals surface area contributed by atoms with Crippen LogP contribution in [0.2, 0.25) is 0 Å². The van der Waals surface area contributed by atoms with Gasteiger partial charge in [0.15, 0.2) is 0 Å². The Labute approximate surface area is 168 Å². The second-order valence-corrected chi connectivity index (χ2v) is 5.56. The Hall–Kier alpha value is 0.630. The van der Waals surface area contributed by atoms with Crippen LogP contribution in [0.25, 0.3) is 0 Å². The van der Waals surface area contributed by atoms with E-state index in [1.54, 1.807) is 6.07 Å². The molecule has 0 atom stereocenters. The predicted molar refractivity (Wildman–Crippen MR) is 96.8 cm³/mol. The molecule has 0 spiro atoms. The van der Waals surface area contributed by atoms with Gasteiger partial charge in [0.1, 0.15) is 5.75 Å². The average molecular weight is 335 g/mol. The number of benzene rings is 1. The molecule has 0 aromatic heterocycles. The fourth-order valence-corrected chi connectivity index (χ4v) is 2.53. The van der Waals surface area contributed by atoms with Crippen LogP contribution in [0.5, 0.6) is 5.75 Å². The van der Waals surface area contributed by atoms with E-state index in [1.807, 2.05) is 18.2 Å². The topological polar surface area (TPSA) is 20.2 Å². The van der Waals surface area contributed by atoms with Gasteiger partial charge in [0.2, 0.25) is 0 Å². The first-order valence-corrected chi connectivity index (χ1v) is 8.11. The van der Waals surface area contributed by atoms with Crippen LogP contribution in [0.3, 0.4) is 0 Å². The van der Waals surface area contributed by atoms with Gasteiger partial charge in [-0.15, -0.1) is 0 Å². The van der Waals surface area contributed by atoms with Crippen molar-refractivity contribution in [2.45, 2.75) is 77.6 Å². The fourth-order valence-electron chi connectivity index (χ4n) is 2.53. The number of phenolic OH excluding ortho intramolecular Hbond substituents is 1. The number of aryl methyl sites for hydroxylation is 1. The van der Waals surface area contributed by atoms with Gasteiger partial charge in [0.05, 0.1) is 0 Å². The minimum atomic E-state index is 0. The summed E-state index contributed by atoms with van der Waals surface area (Å²) >= 11 is 0. The molecule has 1 aromatic carbocycles. The molecule has 0 amide bonds. The van der Waals surface area contributed by atoms with E-state index in [1.165, 1.54) is 64.2 Å². The second-order valence-electron chi connectivity index (χ2n) is 5.56. The standard InChI is InChI=1S/C18H30O.Ca.S/c1-2-3-4-5-6-7-8-9-10-11-14-17-15-12-13-16-18(17)19;;/h12-13,15-16,19H,2-11,14H2,1H3;;/q;+2;-2. The molecule has 116 valence electrons. The number of unbranched alkanes of at least 4 members (excludes halogenated alkanes) is 9. The van der Waals surface area contributed by atoms with Crippen molar-refractivity contribution in [3.63, 3.8) is 0 Å². The molecule has 0 saturated heterocycles. The van der Waals surface area contributed by atoms with E-state index in [4.69, 9.17) is 0 Å². The van der Waals surface area contributed by atoms with Gasteiger partial charge in [-0.25, -0.2) is 0 Å². The minimum absolute atomic E-state index is 0. The monoisotopic (exact) mass is 334 g/mol. The maximum Gasteiger partial charge on any atom is 2.00 e. The smallest absolute Gasteiger partial charge is 2.00 e. The molecule has 0 saturated carbocycles. The summed E-state index contributed by atoms with van der Waals surface area (Å²) in [6.07, 6.45) is 14.6. The fraction of sp³-hybridized carbons (Fsp3) is 0.667. The van der Waals surface area contributed by atoms with Gasteiger partial charge in [-0.2, -0.15) is 0 Å². The molecule has 1 nitrogen and oxygen atoms in total. The van der Waals surface area contributed by atoms with Gasteiger partial charge in [-0.1, -0.05) is 82.9 Å². The summed E-state index contributed by atoms with van der Waals surface area (Å²) in [6.45, 7) is 2.27. The molecule has 1 aromatic rings. The summed E-state index contributed by atoms with van der Waals surface area (Å²) in [6, 6.07) is 7.71. The molecule has 0 aliphatic carbocycles. The van der Waals surface area contributed by atoms with Gasteiger partial charge in [-0.3, -0.25) is 0 Å². The third-order valence-electron chi connectivity index (χ3n) is 3.79. The van der Waals surface area contributed by atoms with Crippen molar-refractivity contribution in [1.29, 1.82) is 0 Å². The first kappa shape index (κ1) is 23.9. The van der Waals surface area contributed by atoms with Crippen LogP contribution in [0, 0.1) is 0 Å². The number of hydrogen-bond donors (Lipinski definition) is 1. The quantitative estimate of drug-likeness (QED) is 0.420. The Morgan fingerprint density at radius 2 is 1.24 bits per heavy atom. The van der Waals surface area contributed by atoms with Gasteiger partial charge in [0, 0.05) is 0 Å². The summed E-state index contributed by atoms with van der Waals surface area (Å²) in [4.78, 5) is 0. The van der Waals surface area contributed by atoms with Crippen molar-refractivity contribution in [3.05, 3.63) is 29.8 Å². The van der Waals surface area contributed by atoms with Gasteiger partial charge < -0.3 is 18.6 Å². The van der Waals surface area contributed by atoms with Gasteiger partial charge in [-0.05, 0) is 24.5 Å². The van der Waals surface area contributed by atoms with Crippen LogP contribution in [-0.2, 0) is 19.9 Å². The van der Waals surface area contributed by atoms with E-state index in [-0.39, 0.29) is 51.2 Å². The summed E-state index contributed by atoms with van der Waals surface area (Å²) < 4.78 is 0. The van der Waals surface area contributed by atoms with Crippen molar-refractivity contribution in [3.8, 4) is 5.75 Å². The first-order chi connectivity index (χ1) is 9.34. The molecule has 0 heterocycles. The largest absolute Gasteiger partial charge is 2.00 e. The van der Waals surface area contributed by atoms with Crippen LogP contribution in [0.1, 0.15) is 76.7 Å². The van der Waals surface area contributed by atoms with Gasteiger partial charge >= 0.3 is 37.7 Å². The zero-order chi connectivity index (χ0) is 13.8. The molecule has 0 aliphatic rings. The first-order valence-electron chi connectivity index (χ1n) is 8.11. The van der Waals surface area contributed by atoms with Crippen LogP contribution in [0.15, 0.2) is 24.3 Å². The van der Waals surface area contributed by atoms with Crippen molar-refractivity contribution < 1.29 is 5.11 Å². The van der Waals surface area contributed by atoms with E-state index in [2.05, 4.69) is 6.92 Å². The Morgan fingerprint density at radius 1 is 0.762 bits per heavy atom. The number of phenols is 1. The molecule has 0 fully saturated rings. The van der Waals surface area contributed by atoms with Gasteiger partial charge in [0.25, 0.3) is 0 Å². The Kier molecular flexibility index (Phi) is 19.3. The molecule has 1 rings (SSSR count). The normalized spacial score (nSPS) is 9.76. The van der Waals surface area contributed by atoms with Crippen LogP contribution in [0.4, 0.5) is 0 Å². The average Bonchev–Trinajstić information content (AvgIpc) is 2.43. The van der Waals surface area contributed by atoms with Crippen molar-refractivity contribution in [2.75, 3.05) is 0 Å². The molecule has 1 N–H and O–H groups in total. The third kappa shape index (κ3) is 12.8. The maximum atomic E-state index is 9.65. The van der Waals surface area contributed by atoms with E-state index >= 15 is 0 Å². The summed E-state index contributed by atoms with van der Waals surface area (Å²) in [7, 11) is 0. The van der Waals surface area contributed by atoms with E-state index < -0.39 is 0 Å². The van der Waals surface area contributed by atoms with Crippen LogP contribution < -0.4 is 0 Å². The van der Waals surface area contributed by atoms with Crippen LogP contribution >= 0.6 is 0 Å².